The van der Waals surface area contributed by atoms with Gasteiger partial charge in [-0.3, -0.25) is 9.59 Å². The van der Waals surface area contributed by atoms with E-state index >= 15 is 0 Å². The molecule has 26 heavy (non-hydrogen) atoms. The van der Waals surface area contributed by atoms with Crippen LogP contribution in [0.15, 0.2) is 18.2 Å². The van der Waals surface area contributed by atoms with Crippen LogP contribution in [0.25, 0.3) is 0 Å². The smallest absolute Gasteiger partial charge is 0.324 e. The molecule has 0 saturated carbocycles. The predicted octanol–water partition coefficient (Wildman–Crippen LogP) is 4.12. The molecule has 1 saturated heterocycles. The van der Waals surface area contributed by atoms with E-state index in [1.54, 1.807) is 0 Å². The maximum absolute atomic E-state index is 13.3. The number of carbonyl (C=O) groups is 2. The average Bonchev–Trinajstić information content (AvgIpc) is 2.96. The van der Waals surface area contributed by atoms with E-state index in [2.05, 4.69) is 5.32 Å². The zero-order valence-corrected chi connectivity index (χ0v) is 15.4. The molecule has 1 aliphatic heterocycles. The number of nitrogens with zero attached hydrogens (tertiary/aromatic N) is 1. The van der Waals surface area contributed by atoms with Crippen LogP contribution in [-0.2, 0) is 15.8 Å². The third kappa shape index (κ3) is 5.12. The Bertz CT molecular complexity index is 701. The standard InChI is InChI=1S/C17H20F4N2O2S/c1-16(2,3)7-14(24)23-9-26-8-13(23)15(25)22-10-4-5-12(18)11(6-10)17(19,20)21/h4-6,13H,7-9H2,1-3H3,(H,22,25). The fourth-order valence-corrected chi connectivity index (χ4v) is 3.69. The van der Waals surface area contributed by atoms with Gasteiger partial charge in [0.05, 0.1) is 11.4 Å². The number of alkyl halides is 3. The SMILES string of the molecule is CC(C)(C)CC(=O)N1CSCC1C(=O)Nc1ccc(F)c(C(F)(F)F)c1. The molecule has 1 aliphatic rings. The molecular formula is C17H20F4N2O2S. The number of nitrogens with one attached hydrogen (secondary N) is 1. The molecule has 144 valence electrons. The summed E-state index contributed by atoms with van der Waals surface area (Å²) in [6.45, 7) is 5.71. The summed E-state index contributed by atoms with van der Waals surface area (Å²) in [7, 11) is 0. The molecule has 9 heteroatoms. The van der Waals surface area contributed by atoms with Crippen molar-refractivity contribution in [2.75, 3.05) is 16.9 Å². The van der Waals surface area contributed by atoms with Crippen molar-refractivity contribution in [2.45, 2.75) is 39.4 Å². The molecule has 0 aliphatic carbocycles. The van der Waals surface area contributed by atoms with E-state index in [9.17, 15) is 27.2 Å². The first-order valence-electron chi connectivity index (χ1n) is 7.93. The van der Waals surface area contributed by atoms with Gasteiger partial charge in [-0.15, -0.1) is 11.8 Å². The van der Waals surface area contributed by atoms with Crippen molar-refractivity contribution >= 4 is 29.3 Å². The van der Waals surface area contributed by atoms with Crippen LogP contribution in [0.2, 0.25) is 0 Å². The van der Waals surface area contributed by atoms with E-state index in [-0.39, 0.29) is 23.4 Å². The predicted molar refractivity (Wildman–Crippen MR) is 92.1 cm³/mol. The minimum atomic E-state index is -4.86. The molecule has 1 unspecified atom stereocenters. The van der Waals surface area contributed by atoms with Gasteiger partial charge in [0.1, 0.15) is 11.9 Å². The quantitative estimate of drug-likeness (QED) is 0.788. The minimum Gasteiger partial charge on any atom is -0.324 e. The van der Waals surface area contributed by atoms with E-state index in [1.165, 1.54) is 16.7 Å². The second-order valence-corrected chi connectivity index (χ2v) is 8.30. The zero-order valence-electron chi connectivity index (χ0n) is 14.6. The lowest BCUT2D eigenvalue weighted by Crippen LogP contribution is -2.45. The summed E-state index contributed by atoms with van der Waals surface area (Å²) in [6, 6.07) is 1.50. The Balaban J connectivity index is 2.13. The summed E-state index contributed by atoms with van der Waals surface area (Å²) in [5, 5.41) is 2.36. The number of halogens is 4. The first-order chi connectivity index (χ1) is 11.9. The van der Waals surface area contributed by atoms with Gasteiger partial charge in [-0.25, -0.2) is 4.39 Å². The van der Waals surface area contributed by atoms with Crippen molar-refractivity contribution in [1.29, 1.82) is 0 Å². The van der Waals surface area contributed by atoms with Crippen LogP contribution < -0.4 is 5.32 Å². The van der Waals surface area contributed by atoms with Crippen LogP contribution in [0.4, 0.5) is 23.2 Å². The lowest BCUT2D eigenvalue weighted by Gasteiger charge is -2.27. The molecule has 1 aromatic rings. The van der Waals surface area contributed by atoms with Gasteiger partial charge in [-0.05, 0) is 23.6 Å². The number of amides is 2. The number of anilines is 1. The van der Waals surface area contributed by atoms with E-state index in [0.29, 0.717) is 23.8 Å². The monoisotopic (exact) mass is 392 g/mol. The van der Waals surface area contributed by atoms with Gasteiger partial charge in [-0.1, -0.05) is 20.8 Å². The number of hydrogen-bond donors (Lipinski definition) is 1. The van der Waals surface area contributed by atoms with Crippen LogP contribution in [0.5, 0.6) is 0 Å². The summed E-state index contributed by atoms with van der Waals surface area (Å²) < 4.78 is 51.7. The summed E-state index contributed by atoms with van der Waals surface area (Å²) >= 11 is 1.40. The third-order valence-electron chi connectivity index (χ3n) is 3.73. The van der Waals surface area contributed by atoms with Crippen molar-refractivity contribution in [3.05, 3.63) is 29.6 Å². The molecule has 0 spiro atoms. The number of rotatable bonds is 3. The van der Waals surface area contributed by atoms with Gasteiger partial charge >= 0.3 is 6.18 Å². The van der Waals surface area contributed by atoms with E-state index in [0.717, 1.165) is 6.07 Å². The first kappa shape index (κ1) is 20.5. The molecule has 0 aromatic heterocycles. The van der Waals surface area contributed by atoms with Crippen molar-refractivity contribution in [1.82, 2.24) is 4.90 Å². The van der Waals surface area contributed by atoms with Gasteiger partial charge < -0.3 is 10.2 Å². The molecule has 0 bridgehead atoms. The highest BCUT2D eigenvalue weighted by atomic mass is 32.2. The van der Waals surface area contributed by atoms with Crippen molar-refractivity contribution in [3.63, 3.8) is 0 Å². The van der Waals surface area contributed by atoms with Gasteiger partial charge in [0.15, 0.2) is 0 Å². The zero-order chi connectivity index (χ0) is 19.7. The maximum atomic E-state index is 13.3. The summed E-state index contributed by atoms with van der Waals surface area (Å²) in [5.41, 5.74) is -1.86. The molecule has 0 radical (unpaired) electrons. The minimum absolute atomic E-state index is 0.163. The maximum Gasteiger partial charge on any atom is 0.419 e. The Morgan fingerprint density at radius 2 is 1.92 bits per heavy atom. The van der Waals surface area contributed by atoms with Crippen LogP contribution in [0.3, 0.4) is 0 Å². The third-order valence-corrected chi connectivity index (χ3v) is 4.74. The van der Waals surface area contributed by atoms with E-state index < -0.39 is 29.5 Å². The highest BCUT2D eigenvalue weighted by molar-refractivity contribution is 7.99. The molecule has 2 amide bonds. The number of hydrogen-bond acceptors (Lipinski definition) is 3. The van der Waals surface area contributed by atoms with E-state index in [1.807, 2.05) is 20.8 Å². The van der Waals surface area contributed by atoms with Gasteiger partial charge in [0.25, 0.3) is 0 Å². The van der Waals surface area contributed by atoms with Crippen molar-refractivity contribution < 1.29 is 27.2 Å². The summed E-state index contributed by atoms with van der Waals surface area (Å²) in [6.07, 6.45) is -4.60. The van der Waals surface area contributed by atoms with Crippen LogP contribution >= 0.6 is 11.8 Å². The Morgan fingerprint density at radius 3 is 2.50 bits per heavy atom. The van der Waals surface area contributed by atoms with Crippen molar-refractivity contribution in [3.8, 4) is 0 Å². The highest BCUT2D eigenvalue weighted by Crippen LogP contribution is 2.33. The normalized spacial score (nSPS) is 18.1. The number of carbonyl (C=O) groups excluding carboxylic acids is 2. The van der Waals surface area contributed by atoms with Crippen LogP contribution in [0.1, 0.15) is 32.8 Å². The summed E-state index contributed by atoms with van der Waals surface area (Å²) in [4.78, 5) is 26.3. The lowest BCUT2D eigenvalue weighted by molar-refractivity contribution is -0.140. The van der Waals surface area contributed by atoms with E-state index in [4.69, 9.17) is 0 Å². The molecule has 1 fully saturated rings. The fourth-order valence-electron chi connectivity index (χ4n) is 2.51. The fraction of sp³-hybridized carbons (Fsp3) is 0.529. The lowest BCUT2D eigenvalue weighted by atomic mass is 9.91. The molecule has 1 aromatic carbocycles. The van der Waals surface area contributed by atoms with Gasteiger partial charge in [-0.2, -0.15) is 13.2 Å². The molecule has 1 N–H and O–H groups in total. The largest absolute Gasteiger partial charge is 0.419 e. The number of benzene rings is 1. The molecular weight excluding hydrogens is 372 g/mol. The number of thioether (sulfide) groups is 1. The van der Waals surface area contributed by atoms with Gasteiger partial charge in [0.2, 0.25) is 11.8 Å². The Kier molecular flexibility index (Phi) is 5.89. The summed E-state index contributed by atoms with van der Waals surface area (Å²) in [5.74, 6) is -1.47. The molecule has 2 rings (SSSR count). The average molecular weight is 392 g/mol. The van der Waals surface area contributed by atoms with Crippen molar-refractivity contribution in [2.24, 2.45) is 5.41 Å². The molecule has 1 atom stereocenters. The second-order valence-electron chi connectivity index (χ2n) is 7.30. The Hall–Kier alpha value is -1.77. The second kappa shape index (κ2) is 7.46. The topological polar surface area (TPSA) is 49.4 Å². The van der Waals surface area contributed by atoms with Crippen LogP contribution in [-0.4, -0.2) is 34.4 Å². The van der Waals surface area contributed by atoms with Gasteiger partial charge in [0, 0.05) is 17.9 Å². The highest BCUT2D eigenvalue weighted by Gasteiger charge is 2.37. The Morgan fingerprint density at radius 1 is 1.27 bits per heavy atom. The molecule has 4 nitrogen and oxygen atoms in total. The van der Waals surface area contributed by atoms with Crippen LogP contribution in [0, 0.1) is 11.2 Å². The first-order valence-corrected chi connectivity index (χ1v) is 9.09. The molecule has 1 heterocycles. The Labute approximate surface area is 153 Å².